The van der Waals surface area contributed by atoms with E-state index in [0.717, 1.165) is 47.4 Å². The number of nitrogens with zero attached hydrogens (tertiary/aromatic N) is 2. The number of aryl methyl sites for hydroxylation is 1. The molecule has 1 saturated carbocycles. The zero-order chi connectivity index (χ0) is 24.9. The topological polar surface area (TPSA) is 86.8 Å². The Morgan fingerprint density at radius 2 is 1.71 bits per heavy atom. The Hall–Kier alpha value is -2.58. The van der Waals surface area contributed by atoms with E-state index in [1.54, 1.807) is 56.3 Å². The summed E-state index contributed by atoms with van der Waals surface area (Å²) in [7, 11) is -3.74. The van der Waals surface area contributed by atoms with E-state index >= 15 is 0 Å². The normalized spacial score (nSPS) is 15.1. The molecular weight excluding hydrogens is 474 g/mol. The Balaban J connectivity index is 1.88. The molecule has 34 heavy (non-hydrogen) atoms. The maximum absolute atomic E-state index is 13.6. The second kappa shape index (κ2) is 11.2. The quantitative estimate of drug-likeness (QED) is 0.560. The monoisotopic (exact) mass is 505 g/mol. The van der Waals surface area contributed by atoms with E-state index in [0.29, 0.717) is 10.7 Å². The zero-order valence-corrected chi connectivity index (χ0v) is 21.4. The van der Waals surface area contributed by atoms with Gasteiger partial charge in [-0.3, -0.25) is 13.9 Å². The van der Waals surface area contributed by atoms with Crippen LogP contribution in [0, 0.1) is 6.92 Å². The van der Waals surface area contributed by atoms with Gasteiger partial charge in [-0.15, -0.1) is 0 Å². The van der Waals surface area contributed by atoms with Crippen LogP contribution in [0.1, 0.15) is 43.7 Å². The van der Waals surface area contributed by atoms with Gasteiger partial charge in [-0.2, -0.15) is 0 Å². The Kier molecular flexibility index (Phi) is 8.60. The fourth-order valence-electron chi connectivity index (χ4n) is 4.20. The molecule has 1 N–H and O–H groups in total. The summed E-state index contributed by atoms with van der Waals surface area (Å²) >= 11 is 6.00. The highest BCUT2D eigenvalue weighted by molar-refractivity contribution is 7.92. The van der Waals surface area contributed by atoms with Gasteiger partial charge in [0, 0.05) is 17.6 Å². The van der Waals surface area contributed by atoms with Crippen molar-refractivity contribution in [1.29, 1.82) is 0 Å². The summed E-state index contributed by atoms with van der Waals surface area (Å²) in [5, 5.41) is 3.61. The number of hydrogen-bond donors (Lipinski definition) is 1. The Morgan fingerprint density at radius 1 is 1.09 bits per heavy atom. The minimum Gasteiger partial charge on any atom is -0.352 e. The third-order valence-corrected chi connectivity index (χ3v) is 7.58. The molecule has 1 aliphatic carbocycles. The molecule has 7 nitrogen and oxygen atoms in total. The molecule has 0 heterocycles. The number of sulfonamides is 1. The molecule has 0 aromatic heterocycles. The van der Waals surface area contributed by atoms with Crippen molar-refractivity contribution in [2.45, 2.75) is 58.2 Å². The van der Waals surface area contributed by atoms with E-state index in [4.69, 9.17) is 11.6 Å². The van der Waals surface area contributed by atoms with E-state index in [1.165, 1.54) is 4.90 Å². The Bertz CT molecular complexity index is 1120. The van der Waals surface area contributed by atoms with Crippen LogP contribution in [-0.2, 0) is 26.2 Å². The summed E-state index contributed by atoms with van der Waals surface area (Å²) in [4.78, 5) is 28.0. The first-order chi connectivity index (χ1) is 16.1. The average Bonchev–Trinajstić information content (AvgIpc) is 3.29. The van der Waals surface area contributed by atoms with Crippen LogP contribution < -0.4 is 9.62 Å². The van der Waals surface area contributed by atoms with Crippen molar-refractivity contribution < 1.29 is 18.0 Å². The third-order valence-electron chi connectivity index (χ3n) is 6.20. The largest absolute Gasteiger partial charge is 0.352 e. The minimum atomic E-state index is -3.74. The van der Waals surface area contributed by atoms with Gasteiger partial charge >= 0.3 is 0 Å². The number of para-hydroxylation sites is 1. The Labute approximate surface area is 207 Å². The molecule has 0 saturated heterocycles. The lowest BCUT2D eigenvalue weighted by atomic mass is 10.1. The van der Waals surface area contributed by atoms with E-state index in [9.17, 15) is 18.0 Å². The second-order valence-electron chi connectivity index (χ2n) is 8.87. The molecule has 1 atom stereocenters. The fourth-order valence-corrected chi connectivity index (χ4v) is 5.23. The Morgan fingerprint density at radius 3 is 2.29 bits per heavy atom. The van der Waals surface area contributed by atoms with Crippen LogP contribution >= 0.6 is 11.6 Å². The van der Waals surface area contributed by atoms with Crippen LogP contribution in [0.15, 0.2) is 48.5 Å². The van der Waals surface area contributed by atoms with Crippen molar-refractivity contribution in [2.75, 3.05) is 17.1 Å². The molecule has 2 amide bonds. The van der Waals surface area contributed by atoms with Crippen molar-refractivity contribution in [3.05, 3.63) is 64.7 Å². The number of carbonyl (C=O) groups is 2. The van der Waals surface area contributed by atoms with Crippen LogP contribution in [0.3, 0.4) is 0 Å². The van der Waals surface area contributed by atoms with Crippen molar-refractivity contribution in [3.63, 3.8) is 0 Å². The maximum atomic E-state index is 13.6. The highest BCUT2D eigenvalue weighted by atomic mass is 35.5. The smallest absolute Gasteiger partial charge is 0.244 e. The number of halogens is 1. The van der Waals surface area contributed by atoms with Crippen molar-refractivity contribution in [1.82, 2.24) is 10.2 Å². The van der Waals surface area contributed by atoms with Gasteiger partial charge in [0.2, 0.25) is 21.8 Å². The fraction of sp³-hybridized carbons (Fsp3) is 0.440. The first kappa shape index (κ1) is 26.0. The molecule has 0 unspecified atom stereocenters. The van der Waals surface area contributed by atoms with Gasteiger partial charge in [0.25, 0.3) is 0 Å². The SMILES string of the molecule is Cc1ccccc1N(CC(=O)N(Cc1ccc(Cl)cc1)[C@@H](C)C(=O)NC1CCCC1)S(C)(=O)=O. The van der Waals surface area contributed by atoms with Gasteiger partial charge in [0.15, 0.2) is 0 Å². The first-order valence-corrected chi connectivity index (χ1v) is 13.7. The molecule has 9 heteroatoms. The molecular formula is C25H32ClN3O4S. The molecule has 0 aliphatic heterocycles. The number of rotatable bonds is 9. The van der Waals surface area contributed by atoms with E-state index < -0.39 is 28.5 Å². The third kappa shape index (κ3) is 6.73. The van der Waals surface area contributed by atoms with Gasteiger partial charge < -0.3 is 10.2 Å². The van der Waals surface area contributed by atoms with Gasteiger partial charge in [-0.05, 0) is 56.0 Å². The molecule has 0 radical (unpaired) electrons. The number of amides is 2. The molecule has 0 bridgehead atoms. The highest BCUT2D eigenvalue weighted by Crippen LogP contribution is 2.23. The molecule has 184 valence electrons. The van der Waals surface area contributed by atoms with Crippen LogP contribution in [0.2, 0.25) is 5.02 Å². The average molecular weight is 506 g/mol. The lowest BCUT2D eigenvalue weighted by Gasteiger charge is -2.32. The lowest BCUT2D eigenvalue weighted by Crippen LogP contribution is -2.52. The van der Waals surface area contributed by atoms with E-state index in [2.05, 4.69) is 5.32 Å². The van der Waals surface area contributed by atoms with Crippen LogP contribution in [0.4, 0.5) is 5.69 Å². The van der Waals surface area contributed by atoms with E-state index in [-0.39, 0.29) is 18.5 Å². The number of anilines is 1. The number of nitrogens with one attached hydrogen (secondary N) is 1. The van der Waals surface area contributed by atoms with Crippen molar-refractivity contribution >= 4 is 39.1 Å². The van der Waals surface area contributed by atoms with E-state index in [1.807, 2.05) is 6.07 Å². The summed E-state index contributed by atoms with van der Waals surface area (Å²) in [5.41, 5.74) is 1.96. The molecule has 1 aliphatic rings. The summed E-state index contributed by atoms with van der Waals surface area (Å²) in [5.74, 6) is -0.700. The molecule has 2 aromatic carbocycles. The van der Waals surface area contributed by atoms with Gasteiger partial charge in [-0.1, -0.05) is 54.8 Å². The lowest BCUT2D eigenvalue weighted by molar-refractivity contribution is -0.139. The predicted octanol–water partition coefficient (Wildman–Crippen LogP) is 3.89. The van der Waals surface area contributed by atoms with Crippen LogP contribution in [0.25, 0.3) is 0 Å². The summed E-state index contributed by atoms with van der Waals surface area (Å²) in [6.07, 6.45) is 5.09. The number of hydrogen-bond acceptors (Lipinski definition) is 4. The second-order valence-corrected chi connectivity index (χ2v) is 11.2. The van der Waals surface area contributed by atoms with Crippen LogP contribution in [0.5, 0.6) is 0 Å². The van der Waals surface area contributed by atoms with Gasteiger partial charge in [-0.25, -0.2) is 8.42 Å². The molecule has 2 aromatic rings. The standard InChI is InChI=1S/C25H32ClN3O4S/c1-18-8-4-7-11-23(18)29(34(3,32)33)17-24(30)28(16-20-12-14-21(26)15-13-20)19(2)25(31)27-22-9-5-6-10-22/h4,7-8,11-15,19,22H,5-6,9-10,16-17H2,1-3H3,(H,27,31)/t19-/m0/s1. The number of benzene rings is 2. The minimum absolute atomic E-state index is 0.113. The maximum Gasteiger partial charge on any atom is 0.244 e. The van der Waals surface area contributed by atoms with Crippen molar-refractivity contribution in [3.8, 4) is 0 Å². The number of carbonyl (C=O) groups excluding carboxylic acids is 2. The summed E-state index contributed by atoms with van der Waals surface area (Å²) < 4.78 is 26.4. The zero-order valence-electron chi connectivity index (χ0n) is 19.8. The van der Waals surface area contributed by atoms with Gasteiger partial charge in [0.1, 0.15) is 12.6 Å². The molecule has 0 spiro atoms. The summed E-state index contributed by atoms with van der Waals surface area (Å²) in [6.45, 7) is 3.22. The summed E-state index contributed by atoms with van der Waals surface area (Å²) in [6, 6.07) is 13.4. The first-order valence-electron chi connectivity index (χ1n) is 11.4. The van der Waals surface area contributed by atoms with Gasteiger partial charge in [0.05, 0.1) is 11.9 Å². The van der Waals surface area contributed by atoms with Crippen LogP contribution in [-0.4, -0.2) is 50.0 Å². The molecule has 3 rings (SSSR count). The van der Waals surface area contributed by atoms with Crippen molar-refractivity contribution in [2.24, 2.45) is 0 Å². The predicted molar refractivity (Wildman–Crippen MR) is 135 cm³/mol. The molecule has 1 fully saturated rings. The highest BCUT2D eigenvalue weighted by Gasteiger charge is 2.31.